The van der Waals surface area contributed by atoms with Crippen LogP contribution in [0.4, 0.5) is 0 Å². The van der Waals surface area contributed by atoms with Gasteiger partial charge in [-0.1, -0.05) is 12.8 Å². The molecule has 1 heterocycles. The standard InChI is InChI=1S/C12H18N2O2S3/c1-17-9-5-3-2-4-8-14-19(15,16)12-7-6-11(10-13)18-12/h6-7,14H,2-5,8-9H2,1H3. The lowest BCUT2D eigenvalue weighted by atomic mass is 10.2. The van der Waals surface area contributed by atoms with Crippen LogP contribution in [0.3, 0.4) is 0 Å². The molecule has 0 aliphatic rings. The third-order valence-corrected chi connectivity index (χ3v) is 6.16. The largest absolute Gasteiger partial charge is 0.250 e. The summed E-state index contributed by atoms with van der Waals surface area (Å²) in [5.41, 5.74) is 0. The van der Waals surface area contributed by atoms with E-state index in [0.29, 0.717) is 11.4 Å². The zero-order chi connectivity index (χ0) is 14.1. The molecule has 0 atom stereocenters. The highest BCUT2D eigenvalue weighted by atomic mass is 32.2. The minimum atomic E-state index is -3.43. The van der Waals surface area contributed by atoms with E-state index in [9.17, 15) is 8.42 Å². The van der Waals surface area contributed by atoms with Crippen molar-refractivity contribution >= 4 is 33.1 Å². The molecule has 0 fully saturated rings. The predicted octanol–water partition coefficient (Wildman–Crippen LogP) is 2.82. The summed E-state index contributed by atoms with van der Waals surface area (Å²) in [6, 6.07) is 4.95. The Bertz CT molecular complexity index is 517. The van der Waals surface area contributed by atoms with E-state index in [1.807, 2.05) is 17.8 Å². The van der Waals surface area contributed by atoms with Gasteiger partial charge in [-0.2, -0.15) is 17.0 Å². The van der Waals surface area contributed by atoms with Gasteiger partial charge in [-0.15, -0.1) is 11.3 Å². The van der Waals surface area contributed by atoms with Gasteiger partial charge in [0.25, 0.3) is 0 Å². The molecule has 0 amide bonds. The normalized spacial score (nSPS) is 11.4. The number of nitrogens with zero attached hydrogens (tertiary/aromatic N) is 1. The zero-order valence-corrected chi connectivity index (χ0v) is 13.3. The van der Waals surface area contributed by atoms with Crippen molar-refractivity contribution in [3.05, 3.63) is 17.0 Å². The van der Waals surface area contributed by atoms with Crippen molar-refractivity contribution in [3.8, 4) is 6.07 Å². The summed E-state index contributed by atoms with van der Waals surface area (Å²) in [4.78, 5) is 0.414. The summed E-state index contributed by atoms with van der Waals surface area (Å²) >= 11 is 2.84. The summed E-state index contributed by atoms with van der Waals surface area (Å²) in [5, 5.41) is 8.68. The minimum absolute atomic E-state index is 0.214. The maximum absolute atomic E-state index is 11.9. The van der Waals surface area contributed by atoms with E-state index >= 15 is 0 Å². The third-order valence-electron chi connectivity index (χ3n) is 2.52. The first-order chi connectivity index (χ1) is 9.10. The second-order valence-electron chi connectivity index (χ2n) is 4.04. The number of hydrogen-bond donors (Lipinski definition) is 1. The molecule has 0 aliphatic carbocycles. The fourth-order valence-corrected chi connectivity index (χ4v) is 4.24. The maximum Gasteiger partial charge on any atom is 0.250 e. The second-order valence-corrected chi connectivity index (χ2v) is 8.10. The Labute approximate surface area is 123 Å². The van der Waals surface area contributed by atoms with Crippen molar-refractivity contribution in [2.45, 2.75) is 29.9 Å². The van der Waals surface area contributed by atoms with E-state index in [1.165, 1.54) is 18.6 Å². The number of hydrogen-bond acceptors (Lipinski definition) is 5. The van der Waals surface area contributed by atoms with Gasteiger partial charge in [0.1, 0.15) is 15.2 Å². The smallest absolute Gasteiger partial charge is 0.210 e. The van der Waals surface area contributed by atoms with Crippen molar-refractivity contribution in [3.63, 3.8) is 0 Å². The van der Waals surface area contributed by atoms with Gasteiger partial charge in [0.2, 0.25) is 10.0 Å². The average molecular weight is 318 g/mol. The molecule has 0 aliphatic heterocycles. The molecule has 106 valence electrons. The molecule has 0 spiro atoms. The number of nitrogens with one attached hydrogen (secondary N) is 1. The van der Waals surface area contributed by atoms with E-state index in [-0.39, 0.29) is 4.21 Å². The third kappa shape index (κ3) is 5.95. The summed E-state index contributed by atoms with van der Waals surface area (Å²) < 4.78 is 26.6. The van der Waals surface area contributed by atoms with Crippen molar-refractivity contribution < 1.29 is 8.42 Å². The molecule has 1 rings (SSSR count). The van der Waals surface area contributed by atoms with Crippen LogP contribution in [0.2, 0.25) is 0 Å². The number of sulfonamides is 1. The molecule has 0 aromatic carbocycles. The number of nitriles is 1. The SMILES string of the molecule is CSCCCCCCNS(=O)(=O)c1ccc(C#N)s1. The molecule has 0 saturated heterocycles. The molecular weight excluding hydrogens is 300 g/mol. The van der Waals surface area contributed by atoms with Gasteiger partial charge < -0.3 is 0 Å². The molecule has 7 heteroatoms. The number of rotatable bonds is 9. The summed E-state index contributed by atoms with van der Waals surface area (Å²) in [7, 11) is -3.43. The summed E-state index contributed by atoms with van der Waals surface area (Å²) in [6.07, 6.45) is 6.30. The van der Waals surface area contributed by atoms with Crippen molar-refractivity contribution in [2.24, 2.45) is 0 Å². The maximum atomic E-state index is 11.9. The Balaban J connectivity index is 2.30. The molecule has 0 bridgehead atoms. The molecule has 0 unspecified atom stereocenters. The van der Waals surface area contributed by atoms with Gasteiger partial charge in [0.05, 0.1) is 0 Å². The van der Waals surface area contributed by atoms with E-state index in [1.54, 1.807) is 0 Å². The van der Waals surface area contributed by atoms with E-state index < -0.39 is 10.0 Å². The van der Waals surface area contributed by atoms with Gasteiger partial charge in [-0.25, -0.2) is 13.1 Å². The molecule has 1 aromatic heterocycles. The molecule has 1 aromatic rings. The first-order valence-electron chi connectivity index (χ1n) is 6.08. The fourth-order valence-electron chi connectivity index (χ4n) is 1.53. The lowest BCUT2D eigenvalue weighted by molar-refractivity contribution is 0.576. The molecule has 0 saturated carbocycles. The van der Waals surface area contributed by atoms with E-state index in [4.69, 9.17) is 5.26 Å². The van der Waals surface area contributed by atoms with Crippen LogP contribution in [0.25, 0.3) is 0 Å². The topological polar surface area (TPSA) is 70.0 Å². The molecule has 4 nitrogen and oxygen atoms in total. The zero-order valence-electron chi connectivity index (χ0n) is 10.9. The van der Waals surface area contributed by atoms with Crippen LogP contribution in [0.1, 0.15) is 30.6 Å². The highest BCUT2D eigenvalue weighted by Gasteiger charge is 2.15. The van der Waals surface area contributed by atoms with Crippen LogP contribution in [0.5, 0.6) is 0 Å². The van der Waals surface area contributed by atoms with Gasteiger partial charge >= 0.3 is 0 Å². The van der Waals surface area contributed by atoms with Crippen LogP contribution >= 0.6 is 23.1 Å². The molecule has 19 heavy (non-hydrogen) atoms. The lowest BCUT2D eigenvalue weighted by Gasteiger charge is -2.04. The first-order valence-corrected chi connectivity index (χ1v) is 9.78. The monoisotopic (exact) mass is 318 g/mol. The fraction of sp³-hybridized carbons (Fsp3) is 0.583. The summed E-state index contributed by atoms with van der Waals surface area (Å²) in [5.74, 6) is 1.16. The van der Waals surface area contributed by atoms with Crippen LogP contribution < -0.4 is 4.72 Å². The first kappa shape index (κ1) is 16.5. The Morgan fingerprint density at radius 1 is 1.32 bits per heavy atom. The highest BCUT2D eigenvalue weighted by Crippen LogP contribution is 2.20. The van der Waals surface area contributed by atoms with Gasteiger partial charge in [0.15, 0.2) is 0 Å². The van der Waals surface area contributed by atoms with Gasteiger partial charge in [-0.3, -0.25) is 0 Å². The highest BCUT2D eigenvalue weighted by molar-refractivity contribution is 7.98. The van der Waals surface area contributed by atoms with Crippen LogP contribution in [-0.2, 0) is 10.0 Å². The Morgan fingerprint density at radius 2 is 2.05 bits per heavy atom. The van der Waals surface area contributed by atoms with Crippen LogP contribution in [0.15, 0.2) is 16.3 Å². The Kier molecular flexibility index (Phi) is 7.46. The molecule has 1 N–H and O–H groups in total. The van der Waals surface area contributed by atoms with Crippen molar-refractivity contribution in [1.82, 2.24) is 4.72 Å². The average Bonchev–Trinajstić information content (AvgIpc) is 2.87. The Morgan fingerprint density at radius 3 is 2.68 bits per heavy atom. The van der Waals surface area contributed by atoms with Gasteiger partial charge in [-0.05, 0) is 37.0 Å². The van der Waals surface area contributed by atoms with E-state index in [0.717, 1.165) is 36.4 Å². The lowest BCUT2D eigenvalue weighted by Crippen LogP contribution is -2.23. The quantitative estimate of drug-likeness (QED) is 0.711. The molecule has 0 radical (unpaired) electrons. The summed E-state index contributed by atoms with van der Waals surface area (Å²) in [6.45, 7) is 0.460. The van der Waals surface area contributed by atoms with Crippen molar-refractivity contribution in [2.75, 3.05) is 18.6 Å². The van der Waals surface area contributed by atoms with Crippen LogP contribution in [-0.4, -0.2) is 27.0 Å². The van der Waals surface area contributed by atoms with E-state index in [2.05, 4.69) is 11.0 Å². The Hall–Kier alpha value is -0.550. The minimum Gasteiger partial charge on any atom is -0.210 e. The van der Waals surface area contributed by atoms with Gasteiger partial charge in [0, 0.05) is 6.54 Å². The van der Waals surface area contributed by atoms with Crippen molar-refractivity contribution in [1.29, 1.82) is 5.26 Å². The number of unbranched alkanes of at least 4 members (excludes halogenated alkanes) is 3. The number of thioether (sulfide) groups is 1. The molecular formula is C12H18N2O2S3. The predicted molar refractivity (Wildman–Crippen MR) is 81.1 cm³/mol. The number of thiophene rings is 1. The van der Waals surface area contributed by atoms with Crippen LogP contribution in [0, 0.1) is 11.3 Å². The second kappa shape index (κ2) is 8.59.